The third-order valence-electron chi connectivity index (χ3n) is 6.22. The van der Waals surface area contributed by atoms with Gasteiger partial charge in [-0.05, 0) is 57.0 Å². The molecular formula is C28H25ClFN5O3. The molecule has 0 aliphatic heterocycles. The molecule has 0 spiro atoms. The number of nitrogens with zero attached hydrogens (tertiary/aromatic N) is 4. The Morgan fingerprint density at radius 1 is 1.24 bits per heavy atom. The Hall–Kier alpha value is -4.24. The summed E-state index contributed by atoms with van der Waals surface area (Å²) in [5.74, 6) is -0.0929. The van der Waals surface area contributed by atoms with Gasteiger partial charge in [0.15, 0.2) is 12.2 Å². The number of carbonyl (C=O) groups is 1. The quantitative estimate of drug-likeness (QED) is 0.268. The third kappa shape index (κ3) is 4.97. The number of aryl methyl sites for hydroxylation is 3. The molecule has 0 aliphatic rings. The molecule has 1 amide bonds. The maximum atomic E-state index is 13.7. The summed E-state index contributed by atoms with van der Waals surface area (Å²) in [5.41, 5.74) is 5.05. The second kappa shape index (κ2) is 10.3. The van der Waals surface area contributed by atoms with Crippen molar-refractivity contribution in [1.29, 1.82) is 0 Å². The average molecular weight is 534 g/mol. The van der Waals surface area contributed by atoms with E-state index in [4.69, 9.17) is 20.8 Å². The van der Waals surface area contributed by atoms with Gasteiger partial charge in [0.2, 0.25) is 5.76 Å². The summed E-state index contributed by atoms with van der Waals surface area (Å²) in [7, 11) is 0. The van der Waals surface area contributed by atoms with Gasteiger partial charge in [-0.3, -0.25) is 4.79 Å². The lowest BCUT2D eigenvalue weighted by Crippen LogP contribution is -2.28. The number of rotatable bonds is 7. The van der Waals surface area contributed by atoms with E-state index in [2.05, 4.69) is 20.4 Å². The third-order valence-corrected chi connectivity index (χ3v) is 6.56. The number of fused-ring (bicyclic) bond motifs is 1. The van der Waals surface area contributed by atoms with E-state index in [0.29, 0.717) is 27.7 Å². The number of halogens is 2. The van der Waals surface area contributed by atoms with Gasteiger partial charge in [-0.15, -0.1) is 0 Å². The molecule has 0 saturated carbocycles. The summed E-state index contributed by atoms with van der Waals surface area (Å²) in [4.78, 5) is 21.4. The molecule has 5 aromatic rings. The first-order chi connectivity index (χ1) is 18.2. The van der Waals surface area contributed by atoms with E-state index in [1.807, 2.05) is 57.2 Å². The minimum Gasteiger partial charge on any atom is -0.487 e. The van der Waals surface area contributed by atoms with E-state index in [1.165, 1.54) is 17.3 Å². The Balaban J connectivity index is 1.47. The van der Waals surface area contributed by atoms with Crippen molar-refractivity contribution in [3.05, 3.63) is 99.9 Å². The van der Waals surface area contributed by atoms with Gasteiger partial charge in [0.1, 0.15) is 17.9 Å². The van der Waals surface area contributed by atoms with E-state index in [1.54, 1.807) is 6.92 Å². The minimum absolute atomic E-state index is 0.135. The first kappa shape index (κ1) is 25.4. The summed E-state index contributed by atoms with van der Waals surface area (Å²) in [5, 5.41) is 8.35. The molecule has 0 aliphatic carbocycles. The highest BCUT2D eigenvalue weighted by atomic mass is 35.5. The van der Waals surface area contributed by atoms with Crippen LogP contribution in [0.1, 0.15) is 51.6 Å². The van der Waals surface area contributed by atoms with E-state index in [-0.39, 0.29) is 18.3 Å². The number of aromatic nitrogens is 4. The summed E-state index contributed by atoms with van der Waals surface area (Å²) in [6.45, 7) is 7.51. The maximum absolute atomic E-state index is 13.7. The Bertz CT molecular complexity index is 1660. The van der Waals surface area contributed by atoms with E-state index >= 15 is 0 Å². The fraction of sp³-hybridized carbons (Fsp3) is 0.214. The molecule has 8 nitrogen and oxygen atoms in total. The number of oxazole rings is 1. The van der Waals surface area contributed by atoms with Gasteiger partial charge in [0.25, 0.3) is 5.91 Å². The highest BCUT2D eigenvalue weighted by molar-refractivity contribution is 6.31. The number of ether oxygens (including phenoxy) is 1. The predicted molar refractivity (Wildman–Crippen MR) is 141 cm³/mol. The van der Waals surface area contributed by atoms with Gasteiger partial charge in [-0.25, -0.2) is 19.0 Å². The van der Waals surface area contributed by atoms with Gasteiger partial charge >= 0.3 is 0 Å². The monoisotopic (exact) mass is 533 g/mol. The van der Waals surface area contributed by atoms with Crippen molar-refractivity contribution >= 4 is 28.4 Å². The van der Waals surface area contributed by atoms with Crippen LogP contribution in [-0.4, -0.2) is 25.7 Å². The van der Waals surface area contributed by atoms with Gasteiger partial charge in [0.05, 0.1) is 29.8 Å². The zero-order valence-electron chi connectivity index (χ0n) is 21.3. The summed E-state index contributed by atoms with van der Waals surface area (Å²) in [6.07, 6.45) is 3.72. The standard InChI is InChI=1S/C28H25ClFN5O3/c1-15-8-21(17(3)34-28(36)27-18(4)31-14-38-27)22(23(29)9-15)13-37-25-7-5-6-20-24(10-16(2)33-26(20)25)35-12-19(30)11-32-35/h5-12,14,17H,13H2,1-4H3,(H,34,36)/t17-/m0/s1. The minimum atomic E-state index is -0.429. The van der Waals surface area contributed by atoms with Crippen LogP contribution in [0.15, 0.2) is 59.6 Å². The predicted octanol–water partition coefficient (Wildman–Crippen LogP) is 6.20. The van der Waals surface area contributed by atoms with Crippen LogP contribution in [0.2, 0.25) is 5.02 Å². The lowest BCUT2D eigenvalue weighted by molar-refractivity contribution is 0.0910. The van der Waals surface area contributed by atoms with Crippen molar-refractivity contribution in [2.24, 2.45) is 0 Å². The van der Waals surface area contributed by atoms with Crippen LogP contribution >= 0.6 is 11.6 Å². The van der Waals surface area contributed by atoms with Crippen LogP contribution in [-0.2, 0) is 6.61 Å². The number of benzene rings is 2. The first-order valence-electron chi connectivity index (χ1n) is 11.9. The lowest BCUT2D eigenvalue weighted by Gasteiger charge is -2.20. The molecule has 3 heterocycles. The highest BCUT2D eigenvalue weighted by Crippen LogP contribution is 2.32. The number of amides is 1. The maximum Gasteiger partial charge on any atom is 0.289 e. The molecule has 0 fully saturated rings. The topological polar surface area (TPSA) is 95.1 Å². The van der Waals surface area contributed by atoms with Crippen LogP contribution in [0.4, 0.5) is 4.39 Å². The molecule has 10 heteroatoms. The Labute approximate surface area is 223 Å². The molecular weight excluding hydrogens is 509 g/mol. The van der Waals surface area contributed by atoms with Crippen molar-refractivity contribution in [2.75, 3.05) is 0 Å². The SMILES string of the molecule is Cc1cc(Cl)c(COc2cccc3c(-n4cc(F)cn4)cc(C)nc23)c([C@H](C)NC(=O)c2ocnc2C)c1. The molecule has 2 aromatic carbocycles. The molecule has 1 N–H and O–H groups in total. The fourth-order valence-electron chi connectivity index (χ4n) is 4.41. The van der Waals surface area contributed by atoms with Crippen molar-refractivity contribution < 1.29 is 18.3 Å². The lowest BCUT2D eigenvalue weighted by atomic mass is 9.99. The van der Waals surface area contributed by atoms with Crippen LogP contribution in [0.3, 0.4) is 0 Å². The second-order valence-corrected chi connectivity index (χ2v) is 9.51. The molecule has 3 aromatic heterocycles. The molecule has 38 heavy (non-hydrogen) atoms. The Kier molecular flexibility index (Phi) is 6.86. The summed E-state index contributed by atoms with van der Waals surface area (Å²) in [6, 6.07) is 10.8. The molecule has 5 rings (SSSR count). The zero-order chi connectivity index (χ0) is 27.0. The largest absolute Gasteiger partial charge is 0.487 e. The Morgan fingerprint density at radius 3 is 2.76 bits per heavy atom. The van der Waals surface area contributed by atoms with Crippen molar-refractivity contribution in [3.63, 3.8) is 0 Å². The van der Waals surface area contributed by atoms with Crippen LogP contribution in [0.5, 0.6) is 5.75 Å². The number of nitrogens with one attached hydrogen (secondary N) is 1. The smallest absolute Gasteiger partial charge is 0.289 e. The Morgan fingerprint density at radius 2 is 2.05 bits per heavy atom. The normalized spacial score (nSPS) is 12.1. The number of para-hydroxylation sites is 1. The van der Waals surface area contributed by atoms with E-state index < -0.39 is 11.9 Å². The second-order valence-electron chi connectivity index (χ2n) is 9.10. The van der Waals surface area contributed by atoms with Gasteiger partial charge in [0, 0.05) is 21.7 Å². The molecule has 0 unspecified atom stereocenters. The number of pyridine rings is 1. The van der Waals surface area contributed by atoms with Gasteiger partial charge in [-0.1, -0.05) is 29.8 Å². The van der Waals surface area contributed by atoms with Crippen LogP contribution in [0, 0.1) is 26.6 Å². The number of hydrogen-bond acceptors (Lipinski definition) is 6. The zero-order valence-corrected chi connectivity index (χ0v) is 22.0. The summed E-state index contributed by atoms with van der Waals surface area (Å²) >= 11 is 6.67. The fourth-order valence-corrected chi connectivity index (χ4v) is 4.75. The number of carbonyl (C=O) groups excluding carboxylic acids is 1. The van der Waals surface area contributed by atoms with E-state index in [0.717, 1.165) is 34.0 Å². The van der Waals surface area contributed by atoms with Crippen LogP contribution < -0.4 is 10.1 Å². The molecule has 194 valence electrons. The van der Waals surface area contributed by atoms with Crippen molar-refractivity contribution in [2.45, 2.75) is 40.3 Å². The summed E-state index contributed by atoms with van der Waals surface area (Å²) < 4.78 is 26.7. The van der Waals surface area contributed by atoms with Gasteiger partial charge in [-0.2, -0.15) is 5.10 Å². The van der Waals surface area contributed by atoms with Crippen LogP contribution in [0.25, 0.3) is 16.6 Å². The molecule has 0 saturated heterocycles. The molecule has 0 radical (unpaired) electrons. The van der Waals surface area contributed by atoms with E-state index in [9.17, 15) is 9.18 Å². The highest BCUT2D eigenvalue weighted by Gasteiger charge is 2.21. The molecule has 1 atom stereocenters. The average Bonchev–Trinajstić information content (AvgIpc) is 3.50. The first-order valence-corrected chi connectivity index (χ1v) is 12.3. The van der Waals surface area contributed by atoms with Crippen molar-refractivity contribution in [1.82, 2.24) is 25.1 Å². The van der Waals surface area contributed by atoms with Gasteiger partial charge < -0.3 is 14.5 Å². The van der Waals surface area contributed by atoms with Crippen molar-refractivity contribution in [3.8, 4) is 11.4 Å². The number of hydrogen-bond donors (Lipinski definition) is 1. The molecule has 0 bridgehead atoms.